The lowest BCUT2D eigenvalue weighted by atomic mass is 9.82. The average Bonchev–Trinajstić information content (AvgIpc) is 3.05. The molecule has 5 rings (SSSR count). The van der Waals surface area contributed by atoms with E-state index in [1.807, 2.05) is 32.0 Å². The SMILES string of the molecule is Cc1c(N)sc2c1CCCC2=O.Cc1ccc2c(c1)C(=O)CC1(CCN(C=O)CC1)O2. The van der Waals surface area contributed by atoms with Crippen molar-refractivity contribution in [1.29, 1.82) is 0 Å². The van der Waals surface area contributed by atoms with Crippen LogP contribution in [0, 0.1) is 13.8 Å². The minimum absolute atomic E-state index is 0.157. The van der Waals surface area contributed by atoms with Gasteiger partial charge in [0.1, 0.15) is 11.4 Å². The summed E-state index contributed by atoms with van der Waals surface area (Å²) < 4.78 is 6.12. The molecule has 164 valence electrons. The van der Waals surface area contributed by atoms with Gasteiger partial charge in [-0.3, -0.25) is 14.4 Å². The standard InChI is InChI=1S/C15H17NO3.C9H11NOS/c1-11-2-3-14-12(8-11)13(18)9-15(19-14)4-6-16(10-17)7-5-15;1-5-6-3-2-4-7(11)8(6)12-9(5)10/h2-3,8,10H,4-7,9H2,1H3;2-4,10H2,1H3. The minimum atomic E-state index is -0.404. The van der Waals surface area contributed by atoms with Gasteiger partial charge < -0.3 is 15.4 Å². The van der Waals surface area contributed by atoms with Crippen LogP contribution in [0.2, 0.25) is 0 Å². The Kier molecular flexibility index (Phi) is 5.88. The second kappa shape index (κ2) is 8.46. The molecule has 2 aromatic rings. The van der Waals surface area contributed by atoms with Gasteiger partial charge in [0, 0.05) is 32.4 Å². The number of carbonyl (C=O) groups is 3. The van der Waals surface area contributed by atoms with Gasteiger partial charge in [-0.05, 0) is 49.9 Å². The molecule has 0 atom stereocenters. The Bertz CT molecular complexity index is 1030. The van der Waals surface area contributed by atoms with Crippen molar-refractivity contribution in [3.05, 3.63) is 45.3 Å². The zero-order chi connectivity index (χ0) is 22.2. The molecule has 1 aromatic heterocycles. The van der Waals surface area contributed by atoms with E-state index in [2.05, 4.69) is 0 Å². The Morgan fingerprint density at radius 2 is 1.87 bits per heavy atom. The number of fused-ring (bicyclic) bond motifs is 2. The summed E-state index contributed by atoms with van der Waals surface area (Å²) in [6.07, 6.45) is 5.47. The van der Waals surface area contributed by atoms with Crippen LogP contribution in [0.3, 0.4) is 0 Å². The third kappa shape index (κ3) is 4.24. The summed E-state index contributed by atoms with van der Waals surface area (Å²) in [5, 5.41) is 0.815. The molecule has 1 spiro atoms. The number of likely N-dealkylation sites (tertiary alicyclic amines) is 1. The van der Waals surface area contributed by atoms with Crippen LogP contribution in [0.15, 0.2) is 18.2 Å². The number of nitrogens with two attached hydrogens (primary N) is 1. The molecule has 0 saturated carbocycles. The lowest BCUT2D eigenvalue weighted by molar-refractivity contribution is -0.121. The third-order valence-electron chi connectivity index (χ3n) is 6.50. The first-order valence-electron chi connectivity index (χ1n) is 10.7. The van der Waals surface area contributed by atoms with Crippen molar-refractivity contribution in [2.45, 2.75) is 58.0 Å². The monoisotopic (exact) mass is 440 g/mol. The number of aryl methyl sites for hydroxylation is 1. The summed E-state index contributed by atoms with van der Waals surface area (Å²) in [6, 6.07) is 5.74. The van der Waals surface area contributed by atoms with Crippen molar-refractivity contribution in [3.63, 3.8) is 0 Å². The number of nitrogen functional groups attached to an aromatic ring is 1. The largest absolute Gasteiger partial charge is 0.486 e. The second-order valence-corrected chi connectivity index (χ2v) is 9.75. The first kappa shape index (κ1) is 21.6. The Morgan fingerprint density at radius 1 is 1.13 bits per heavy atom. The van der Waals surface area contributed by atoms with E-state index in [0.717, 1.165) is 53.1 Å². The topological polar surface area (TPSA) is 89.7 Å². The molecular formula is C24H28N2O4S. The highest BCUT2D eigenvalue weighted by Crippen LogP contribution is 2.39. The molecule has 1 aliphatic carbocycles. The van der Waals surface area contributed by atoms with Crippen molar-refractivity contribution in [3.8, 4) is 5.75 Å². The molecule has 1 fully saturated rings. The highest BCUT2D eigenvalue weighted by atomic mass is 32.1. The van der Waals surface area contributed by atoms with Gasteiger partial charge in [-0.25, -0.2) is 0 Å². The van der Waals surface area contributed by atoms with Crippen LogP contribution >= 0.6 is 11.3 Å². The predicted octanol–water partition coefficient (Wildman–Crippen LogP) is 4.11. The minimum Gasteiger partial charge on any atom is -0.486 e. The fraction of sp³-hybridized carbons (Fsp3) is 0.458. The van der Waals surface area contributed by atoms with E-state index < -0.39 is 5.60 Å². The number of nitrogens with zero attached hydrogens (tertiary/aromatic N) is 1. The summed E-state index contributed by atoms with van der Waals surface area (Å²) in [7, 11) is 0. The number of thiophene rings is 1. The number of piperidine rings is 1. The zero-order valence-electron chi connectivity index (χ0n) is 18.0. The Morgan fingerprint density at radius 3 is 2.55 bits per heavy atom. The normalized spacial score (nSPS) is 19.1. The van der Waals surface area contributed by atoms with E-state index in [1.165, 1.54) is 16.9 Å². The van der Waals surface area contributed by atoms with Crippen molar-refractivity contribution in [2.24, 2.45) is 0 Å². The zero-order valence-corrected chi connectivity index (χ0v) is 18.8. The van der Waals surface area contributed by atoms with Gasteiger partial charge in [0.2, 0.25) is 6.41 Å². The van der Waals surface area contributed by atoms with Crippen molar-refractivity contribution in [2.75, 3.05) is 18.8 Å². The molecule has 1 amide bonds. The summed E-state index contributed by atoms with van der Waals surface area (Å²) >= 11 is 1.45. The number of ether oxygens (including phenoxy) is 1. The van der Waals surface area contributed by atoms with E-state index in [-0.39, 0.29) is 11.6 Å². The van der Waals surface area contributed by atoms with Crippen LogP contribution in [-0.2, 0) is 11.2 Å². The van der Waals surface area contributed by atoms with Crippen LogP contribution < -0.4 is 10.5 Å². The summed E-state index contributed by atoms with van der Waals surface area (Å²) in [5.41, 5.74) is 9.44. The number of rotatable bonds is 1. The highest BCUT2D eigenvalue weighted by Gasteiger charge is 2.42. The second-order valence-electron chi connectivity index (χ2n) is 8.70. The van der Waals surface area contributed by atoms with Crippen LogP contribution in [0.4, 0.5) is 5.00 Å². The quantitative estimate of drug-likeness (QED) is 0.674. The molecule has 2 N–H and O–H groups in total. The molecule has 3 aliphatic rings. The molecule has 0 bridgehead atoms. The fourth-order valence-corrected chi connectivity index (χ4v) is 5.65. The molecule has 0 unspecified atom stereocenters. The Labute approximate surface area is 186 Å². The lowest BCUT2D eigenvalue weighted by Crippen LogP contribution is -2.50. The van der Waals surface area contributed by atoms with Gasteiger partial charge in [-0.1, -0.05) is 11.6 Å². The smallest absolute Gasteiger partial charge is 0.209 e. The molecule has 31 heavy (non-hydrogen) atoms. The third-order valence-corrected chi connectivity index (χ3v) is 7.70. The van der Waals surface area contributed by atoms with Crippen molar-refractivity contribution >= 4 is 34.3 Å². The number of Topliss-reactive ketones (excluding diaryl/α,β-unsaturated/α-hetero) is 2. The lowest BCUT2D eigenvalue weighted by Gasteiger charge is -2.43. The van der Waals surface area contributed by atoms with Gasteiger partial charge in [0.05, 0.1) is 21.9 Å². The average molecular weight is 441 g/mol. The van der Waals surface area contributed by atoms with Crippen molar-refractivity contribution < 1.29 is 19.1 Å². The Hall–Kier alpha value is -2.67. The summed E-state index contributed by atoms with van der Waals surface area (Å²) in [4.78, 5) is 37.1. The highest BCUT2D eigenvalue weighted by molar-refractivity contribution is 7.18. The summed E-state index contributed by atoms with van der Waals surface area (Å²) in [6.45, 7) is 5.31. The van der Waals surface area contributed by atoms with E-state index in [0.29, 0.717) is 37.2 Å². The maximum Gasteiger partial charge on any atom is 0.209 e. The number of amides is 1. The molecule has 3 heterocycles. The van der Waals surface area contributed by atoms with E-state index in [1.54, 1.807) is 4.90 Å². The molecule has 7 heteroatoms. The van der Waals surface area contributed by atoms with Gasteiger partial charge in [0.25, 0.3) is 0 Å². The van der Waals surface area contributed by atoms with E-state index in [9.17, 15) is 14.4 Å². The molecule has 0 radical (unpaired) electrons. The van der Waals surface area contributed by atoms with Crippen LogP contribution in [0.1, 0.15) is 68.8 Å². The number of hydrogen-bond donors (Lipinski definition) is 1. The molecular weight excluding hydrogens is 412 g/mol. The van der Waals surface area contributed by atoms with Gasteiger partial charge in [-0.15, -0.1) is 11.3 Å². The number of carbonyl (C=O) groups excluding carboxylic acids is 3. The Balaban J connectivity index is 0.000000166. The molecule has 1 saturated heterocycles. The molecule has 2 aliphatic heterocycles. The molecule has 1 aromatic carbocycles. The van der Waals surface area contributed by atoms with Gasteiger partial charge in [-0.2, -0.15) is 0 Å². The predicted molar refractivity (Wildman–Crippen MR) is 121 cm³/mol. The first-order chi connectivity index (χ1) is 14.8. The maximum atomic E-state index is 12.3. The molecule has 6 nitrogen and oxygen atoms in total. The van der Waals surface area contributed by atoms with E-state index >= 15 is 0 Å². The first-order valence-corrected chi connectivity index (χ1v) is 11.6. The van der Waals surface area contributed by atoms with E-state index in [4.69, 9.17) is 10.5 Å². The number of anilines is 1. The van der Waals surface area contributed by atoms with Gasteiger partial charge in [0.15, 0.2) is 11.6 Å². The fourth-order valence-electron chi connectivity index (χ4n) is 4.56. The van der Waals surface area contributed by atoms with Crippen LogP contribution in [-0.4, -0.2) is 41.6 Å². The number of hydrogen-bond acceptors (Lipinski definition) is 6. The van der Waals surface area contributed by atoms with Crippen molar-refractivity contribution in [1.82, 2.24) is 4.90 Å². The van der Waals surface area contributed by atoms with Crippen LogP contribution in [0.5, 0.6) is 5.75 Å². The summed E-state index contributed by atoms with van der Waals surface area (Å²) in [5.74, 6) is 1.13. The van der Waals surface area contributed by atoms with Crippen LogP contribution in [0.25, 0.3) is 0 Å². The van der Waals surface area contributed by atoms with Gasteiger partial charge >= 0.3 is 0 Å². The number of benzene rings is 1. The maximum absolute atomic E-state index is 12.3. The number of ketones is 2.